The zero-order valence-corrected chi connectivity index (χ0v) is 29.0. The monoisotopic (exact) mass is 667 g/mol. The number of amides is 1. The Morgan fingerprint density at radius 3 is 2.31 bits per heavy atom. The first-order valence-corrected chi connectivity index (χ1v) is 16.7. The molecule has 2 fully saturated rings. The lowest BCUT2D eigenvalue weighted by Crippen LogP contribution is -2.49. The van der Waals surface area contributed by atoms with Crippen molar-refractivity contribution in [2.45, 2.75) is 39.2 Å². The molecule has 2 saturated heterocycles. The van der Waals surface area contributed by atoms with Gasteiger partial charge in [-0.25, -0.2) is 19.7 Å². The van der Waals surface area contributed by atoms with Crippen molar-refractivity contribution in [3.8, 4) is 23.0 Å². The van der Waals surface area contributed by atoms with Crippen LogP contribution in [0, 0.1) is 13.8 Å². The van der Waals surface area contributed by atoms with E-state index in [-0.39, 0.29) is 0 Å². The highest BCUT2D eigenvalue weighted by molar-refractivity contribution is 5.98. The van der Waals surface area contributed by atoms with Gasteiger partial charge in [0.15, 0.2) is 0 Å². The maximum absolute atomic E-state index is 14.0. The number of nitrogens with zero attached hydrogens (tertiary/aromatic N) is 5. The van der Waals surface area contributed by atoms with E-state index in [0.29, 0.717) is 47.0 Å². The van der Waals surface area contributed by atoms with Crippen LogP contribution < -0.4 is 28.7 Å². The van der Waals surface area contributed by atoms with Gasteiger partial charge in [-0.3, -0.25) is 4.90 Å². The van der Waals surface area contributed by atoms with E-state index in [4.69, 9.17) is 28.7 Å². The van der Waals surface area contributed by atoms with Crippen LogP contribution in [0.15, 0.2) is 66.9 Å². The summed E-state index contributed by atoms with van der Waals surface area (Å²) >= 11 is 0. The number of piperidine rings is 1. The number of aryl methyl sites for hydroxylation is 2. The van der Waals surface area contributed by atoms with E-state index in [2.05, 4.69) is 33.0 Å². The number of carbonyl (C=O) groups excluding carboxylic acids is 1. The van der Waals surface area contributed by atoms with Crippen LogP contribution in [0.4, 0.5) is 22.0 Å². The third-order valence-corrected chi connectivity index (χ3v) is 9.34. The Hall–Kier alpha value is -4.87. The second kappa shape index (κ2) is 15.6. The van der Waals surface area contributed by atoms with Crippen LogP contribution in [0.3, 0.4) is 0 Å². The number of rotatable bonds is 10. The quantitative estimate of drug-likeness (QED) is 0.190. The van der Waals surface area contributed by atoms with Gasteiger partial charge in [-0.05, 0) is 62.1 Å². The van der Waals surface area contributed by atoms with E-state index < -0.39 is 6.09 Å². The molecule has 0 unspecified atom stereocenters. The average molecular weight is 668 g/mol. The van der Waals surface area contributed by atoms with Gasteiger partial charge < -0.3 is 28.6 Å². The molecule has 0 aliphatic carbocycles. The molecule has 0 radical (unpaired) electrons. The van der Waals surface area contributed by atoms with Gasteiger partial charge in [-0.15, -0.1) is 0 Å². The van der Waals surface area contributed by atoms with Crippen molar-refractivity contribution in [2.24, 2.45) is 0 Å². The van der Waals surface area contributed by atoms with Crippen molar-refractivity contribution < 1.29 is 28.5 Å². The van der Waals surface area contributed by atoms with Crippen molar-refractivity contribution >= 4 is 23.3 Å². The van der Waals surface area contributed by atoms with Crippen molar-refractivity contribution in [3.05, 3.63) is 89.4 Å². The highest BCUT2D eigenvalue weighted by Gasteiger charge is 2.28. The number of para-hydroxylation sites is 1. The predicted octanol–water partition coefficient (Wildman–Crippen LogP) is 6.35. The average Bonchev–Trinajstić information content (AvgIpc) is 3.14. The van der Waals surface area contributed by atoms with Crippen LogP contribution in [0.5, 0.6) is 23.0 Å². The summed E-state index contributed by atoms with van der Waals surface area (Å²) in [6.07, 6.45) is 3.67. The summed E-state index contributed by atoms with van der Waals surface area (Å²) in [7, 11) is 4.81. The molecule has 0 bridgehead atoms. The molecule has 258 valence electrons. The van der Waals surface area contributed by atoms with Crippen LogP contribution >= 0.6 is 0 Å². The standard InChI is InChI=1S/C38H45N5O6/c1-26-7-6-8-27(2)37(26)49-38(44)43(32-12-11-31(45-3)25-34(32)47-5)36-13-16-39-35(40-36)23-28-9-10-30(24-33(28)46-4)41-17-14-29(15-18-41)42-19-21-48-22-20-42/h6-13,16,24-25,29H,14-15,17-23H2,1-5H3. The Bertz CT molecular complexity index is 1730. The first kappa shape index (κ1) is 34.0. The third-order valence-electron chi connectivity index (χ3n) is 9.34. The van der Waals surface area contributed by atoms with Crippen LogP contribution in [-0.2, 0) is 11.2 Å². The molecule has 1 amide bonds. The number of carbonyl (C=O) groups is 1. The lowest BCUT2D eigenvalue weighted by atomic mass is 10.0. The summed E-state index contributed by atoms with van der Waals surface area (Å²) in [6, 6.07) is 19.6. The van der Waals surface area contributed by atoms with Gasteiger partial charge in [0.2, 0.25) is 0 Å². The number of hydrogen-bond donors (Lipinski definition) is 0. The number of hydrogen-bond acceptors (Lipinski definition) is 10. The molecule has 49 heavy (non-hydrogen) atoms. The normalized spacial score (nSPS) is 15.5. The number of ether oxygens (including phenoxy) is 5. The van der Waals surface area contributed by atoms with Gasteiger partial charge >= 0.3 is 6.09 Å². The molecule has 11 nitrogen and oxygen atoms in total. The van der Waals surface area contributed by atoms with Gasteiger partial charge in [0.1, 0.15) is 34.6 Å². The van der Waals surface area contributed by atoms with Crippen LogP contribution in [-0.4, -0.2) is 87.7 Å². The number of morpholine rings is 1. The largest absolute Gasteiger partial charge is 0.497 e. The molecule has 1 aromatic heterocycles. The lowest BCUT2D eigenvalue weighted by molar-refractivity contribution is 0.0115. The van der Waals surface area contributed by atoms with Crippen LogP contribution in [0.2, 0.25) is 0 Å². The summed E-state index contributed by atoms with van der Waals surface area (Å²) < 4.78 is 28.5. The van der Waals surface area contributed by atoms with Crippen LogP contribution in [0.1, 0.15) is 35.4 Å². The molecule has 0 spiro atoms. The fourth-order valence-electron chi connectivity index (χ4n) is 6.65. The first-order chi connectivity index (χ1) is 23.9. The van der Waals surface area contributed by atoms with Crippen molar-refractivity contribution in [2.75, 3.05) is 70.5 Å². The molecule has 6 rings (SSSR count). The molecule has 11 heteroatoms. The third kappa shape index (κ3) is 7.73. The highest BCUT2D eigenvalue weighted by atomic mass is 16.6. The van der Waals surface area contributed by atoms with Crippen molar-refractivity contribution in [3.63, 3.8) is 0 Å². The number of benzene rings is 3. The Kier molecular flexibility index (Phi) is 10.8. The summed E-state index contributed by atoms with van der Waals surface area (Å²) in [5, 5.41) is 0. The summed E-state index contributed by atoms with van der Waals surface area (Å²) in [5.74, 6) is 3.13. The van der Waals surface area contributed by atoms with Crippen molar-refractivity contribution in [1.29, 1.82) is 0 Å². The molecule has 0 atom stereocenters. The molecule has 0 saturated carbocycles. The predicted molar refractivity (Wildman–Crippen MR) is 189 cm³/mol. The Morgan fingerprint density at radius 1 is 0.878 bits per heavy atom. The molecular formula is C38H45N5O6. The second-order valence-corrected chi connectivity index (χ2v) is 12.3. The highest BCUT2D eigenvalue weighted by Crippen LogP contribution is 2.37. The topological polar surface area (TPSA) is 98.7 Å². The first-order valence-electron chi connectivity index (χ1n) is 16.7. The zero-order valence-electron chi connectivity index (χ0n) is 29.0. The lowest BCUT2D eigenvalue weighted by Gasteiger charge is -2.40. The fraction of sp³-hybridized carbons (Fsp3) is 0.395. The maximum Gasteiger partial charge on any atom is 0.425 e. The smallest absolute Gasteiger partial charge is 0.425 e. The molecular weight excluding hydrogens is 622 g/mol. The van der Waals surface area contributed by atoms with Gasteiger partial charge in [-0.1, -0.05) is 24.3 Å². The van der Waals surface area contributed by atoms with E-state index in [0.717, 1.165) is 80.4 Å². The van der Waals surface area contributed by atoms with E-state index >= 15 is 0 Å². The Morgan fingerprint density at radius 2 is 1.61 bits per heavy atom. The molecule has 2 aliphatic rings. The Labute approximate surface area is 288 Å². The van der Waals surface area contributed by atoms with Gasteiger partial charge in [0.05, 0.1) is 40.2 Å². The van der Waals surface area contributed by atoms with Gasteiger partial charge in [-0.2, -0.15) is 0 Å². The number of methoxy groups -OCH3 is 3. The van der Waals surface area contributed by atoms with Crippen LogP contribution in [0.25, 0.3) is 0 Å². The number of anilines is 3. The second-order valence-electron chi connectivity index (χ2n) is 12.3. The molecule has 3 heterocycles. The summed E-state index contributed by atoms with van der Waals surface area (Å²) in [4.78, 5) is 29.9. The van der Waals surface area contributed by atoms with E-state index in [9.17, 15) is 4.79 Å². The Balaban J connectivity index is 1.25. The SMILES string of the molecule is COc1ccc(N(C(=O)Oc2c(C)cccc2C)c2ccnc(Cc3ccc(N4CCC(N5CCOCC5)CC4)cc3OC)n2)c(OC)c1. The molecule has 0 N–H and O–H groups in total. The summed E-state index contributed by atoms with van der Waals surface area (Å²) in [5.41, 5.74) is 4.22. The zero-order chi connectivity index (χ0) is 34.3. The minimum atomic E-state index is -0.634. The minimum Gasteiger partial charge on any atom is -0.497 e. The van der Waals surface area contributed by atoms with E-state index in [1.165, 1.54) is 4.90 Å². The summed E-state index contributed by atoms with van der Waals surface area (Å²) in [6.45, 7) is 9.51. The fourth-order valence-corrected chi connectivity index (χ4v) is 6.65. The molecule has 2 aliphatic heterocycles. The minimum absolute atomic E-state index is 0.337. The van der Waals surface area contributed by atoms with E-state index in [1.54, 1.807) is 51.8 Å². The van der Waals surface area contributed by atoms with Gasteiger partial charge in [0, 0.05) is 68.2 Å². The van der Waals surface area contributed by atoms with Crippen molar-refractivity contribution in [1.82, 2.24) is 14.9 Å². The number of aromatic nitrogens is 2. The molecule has 3 aromatic carbocycles. The van der Waals surface area contributed by atoms with E-state index in [1.807, 2.05) is 32.0 Å². The molecule has 4 aromatic rings. The van der Waals surface area contributed by atoms with Gasteiger partial charge in [0.25, 0.3) is 0 Å². The maximum atomic E-state index is 14.0.